The van der Waals surface area contributed by atoms with Crippen molar-refractivity contribution < 1.29 is 0 Å². The van der Waals surface area contributed by atoms with E-state index >= 15 is 0 Å². The Morgan fingerprint density at radius 1 is 1.06 bits per heavy atom. The van der Waals surface area contributed by atoms with Crippen molar-refractivity contribution in [3.63, 3.8) is 0 Å². The van der Waals surface area contributed by atoms with Crippen molar-refractivity contribution in [2.45, 2.75) is 31.3 Å². The zero-order valence-electron chi connectivity index (χ0n) is 10.6. The third-order valence-electron chi connectivity index (χ3n) is 2.73. The molecule has 0 spiro atoms. The Morgan fingerprint density at radius 2 is 1.72 bits per heavy atom. The Balaban J connectivity index is 1.89. The minimum Gasteiger partial charge on any atom is -0.299 e. The normalized spacial score (nSPS) is 10.7. The van der Waals surface area contributed by atoms with Crippen LogP contribution in [0.2, 0.25) is 0 Å². The summed E-state index contributed by atoms with van der Waals surface area (Å²) >= 11 is 1.78. The van der Waals surface area contributed by atoms with Gasteiger partial charge in [-0.1, -0.05) is 25.1 Å². The summed E-state index contributed by atoms with van der Waals surface area (Å²) < 4.78 is 3.55. The van der Waals surface area contributed by atoms with E-state index in [0.29, 0.717) is 0 Å². The highest BCUT2D eigenvalue weighted by Crippen LogP contribution is 2.16. The zero-order chi connectivity index (χ0) is 12.8. The molecule has 4 heteroatoms. The maximum absolute atomic E-state index is 11.9. The molecule has 0 aliphatic carbocycles. The topological polar surface area (TPSA) is 26.9 Å². The second-order valence-electron chi connectivity index (χ2n) is 4.13. The Morgan fingerprint density at radius 3 is 2.39 bits per heavy atom. The minimum atomic E-state index is 0.102. The fourth-order valence-electron chi connectivity index (χ4n) is 1.81. The van der Waals surface area contributed by atoms with Gasteiger partial charge in [-0.2, -0.15) is 0 Å². The number of imidazole rings is 1. The van der Waals surface area contributed by atoms with Crippen molar-refractivity contribution in [2.75, 3.05) is 5.75 Å². The maximum atomic E-state index is 11.9. The molecular weight excluding hydrogens is 244 g/mol. The number of nitrogens with zero attached hydrogens (tertiary/aromatic N) is 2. The average molecular weight is 262 g/mol. The highest BCUT2D eigenvalue weighted by atomic mass is 32.2. The van der Waals surface area contributed by atoms with Crippen LogP contribution in [0.3, 0.4) is 0 Å². The molecule has 18 heavy (non-hydrogen) atoms. The summed E-state index contributed by atoms with van der Waals surface area (Å²) in [6.07, 6.45) is 4.74. The second kappa shape index (κ2) is 6.50. The molecule has 2 rings (SSSR count). The summed E-state index contributed by atoms with van der Waals surface area (Å²) in [5.74, 6) is 0.917. The first-order chi connectivity index (χ1) is 8.81. The summed E-state index contributed by atoms with van der Waals surface area (Å²) in [5, 5.41) is 0. The third kappa shape index (κ3) is 3.29. The molecule has 2 aromatic rings. The van der Waals surface area contributed by atoms with Crippen molar-refractivity contribution >= 4 is 11.8 Å². The molecule has 0 saturated carbocycles. The van der Waals surface area contributed by atoms with Crippen molar-refractivity contribution in [3.8, 4) is 0 Å². The number of aryl methyl sites for hydroxylation is 2. The van der Waals surface area contributed by atoms with Gasteiger partial charge in [-0.15, -0.1) is 11.8 Å². The lowest BCUT2D eigenvalue weighted by atomic mass is 10.4. The van der Waals surface area contributed by atoms with E-state index < -0.39 is 0 Å². The number of aromatic nitrogens is 2. The van der Waals surface area contributed by atoms with Crippen LogP contribution >= 0.6 is 11.8 Å². The first-order valence-corrected chi connectivity index (χ1v) is 7.23. The van der Waals surface area contributed by atoms with Crippen LogP contribution in [0.5, 0.6) is 0 Å². The van der Waals surface area contributed by atoms with Crippen LogP contribution < -0.4 is 5.69 Å². The van der Waals surface area contributed by atoms with E-state index in [1.54, 1.807) is 20.9 Å². The van der Waals surface area contributed by atoms with Gasteiger partial charge in [0, 0.05) is 36.1 Å². The van der Waals surface area contributed by atoms with Crippen molar-refractivity contribution in [1.82, 2.24) is 9.13 Å². The SMILES string of the molecule is CCCn1ccn(CCSc2ccccc2)c1=O. The predicted octanol–water partition coefficient (Wildman–Crippen LogP) is 2.85. The average Bonchev–Trinajstić information content (AvgIpc) is 2.73. The molecule has 0 aliphatic heterocycles. The molecule has 0 saturated heterocycles. The second-order valence-corrected chi connectivity index (χ2v) is 5.30. The lowest BCUT2D eigenvalue weighted by Crippen LogP contribution is -2.24. The zero-order valence-corrected chi connectivity index (χ0v) is 11.4. The van der Waals surface area contributed by atoms with Crippen LogP contribution in [0.25, 0.3) is 0 Å². The summed E-state index contributed by atoms with van der Waals surface area (Å²) in [5.41, 5.74) is 0.102. The molecule has 96 valence electrons. The molecule has 1 aromatic carbocycles. The van der Waals surface area contributed by atoms with Gasteiger partial charge in [0.2, 0.25) is 0 Å². The fourth-order valence-corrected chi connectivity index (χ4v) is 2.69. The lowest BCUT2D eigenvalue weighted by molar-refractivity contribution is 0.619. The van der Waals surface area contributed by atoms with Gasteiger partial charge in [0.25, 0.3) is 0 Å². The minimum absolute atomic E-state index is 0.102. The van der Waals surface area contributed by atoms with Gasteiger partial charge in [0.15, 0.2) is 0 Å². The molecule has 0 bridgehead atoms. The largest absolute Gasteiger partial charge is 0.328 e. The molecule has 0 unspecified atom stereocenters. The highest BCUT2D eigenvalue weighted by molar-refractivity contribution is 7.99. The first kappa shape index (κ1) is 13.0. The summed E-state index contributed by atoms with van der Waals surface area (Å²) in [6.45, 7) is 3.64. The van der Waals surface area contributed by atoms with Crippen LogP contribution in [-0.4, -0.2) is 14.9 Å². The van der Waals surface area contributed by atoms with Gasteiger partial charge in [0.05, 0.1) is 0 Å². The van der Waals surface area contributed by atoms with Crippen LogP contribution in [0.4, 0.5) is 0 Å². The van der Waals surface area contributed by atoms with Gasteiger partial charge in [-0.3, -0.25) is 9.13 Å². The number of benzene rings is 1. The molecule has 0 N–H and O–H groups in total. The molecule has 1 heterocycles. The Hall–Kier alpha value is -1.42. The highest BCUT2D eigenvalue weighted by Gasteiger charge is 2.02. The van der Waals surface area contributed by atoms with Gasteiger partial charge in [0.1, 0.15) is 0 Å². The first-order valence-electron chi connectivity index (χ1n) is 6.24. The number of hydrogen-bond acceptors (Lipinski definition) is 2. The summed E-state index contributed by atoms with van der Waals surface area (Å²) in [4.78, 5) is 13.2. The van der Waals surface area contributed by atoms with Crippen molar-refractivity contribution in [1.29, 1.82) is 0 Å². The molecular formula is C14H18N2OS. The quantitative estimate of drug-likeness (QED) is 0.748. The third-order valence-corrected chi connectivity index (χ3v) is 3.72. The standard InChI is InChI=1S/C14H18N2OS/c1-2-8-15-9-10-16(14(15)17)11-12-18-13-6-4-3-5-7-13/h3-7,9-10H,2,8,11-12H2,1H3. The van der Waals surface area contributed by atoms with Crippen molar-refractivity contribution in [2.24, 2.45) is 0 Å². The van der Waals surface area contributed by atoms with E-state index in [-0.39, 0.29) is 5.69 Å². The van der Waals surface area contributed by atoms with Crippen LogP contribution in [0.1, 0.15) is 13.3 Å². The van der Waals surface area contributed by atoms with E-state index in [1.807, 2.05) is 30.6 Å². The number of thioether (sulfide) groups is 1. The van der Waals surface area contributed by atoms with E-state index in [1.165, 1.54) is 4.90 Å². The Kier molecular flexibility index (Phi) is 4.70. The van der Waals surface area contributed by atoms with Crippen LogP contribution in [0, 0.1) is 0 Å². The van der Waals surface area contributed by atoms with E-state index in [4.69, 9.17) is 0 Å². The maximum Gasteiger partial charge on any atom is 0.328 e. The smallest absolute Gasteiger partial charge is 0.299 e. The van der Waals surface area contributed by atoms with E-state index in [0.717, 1.165) is 25.3 Å². The molecule has 0 radical (unpaired) electrons. The predicted molar refractivity (Wildman–Crippen MR) is 76.1 cm³/mol. The number of rotatable bonds is 6. The molecule has 1 aromatic heterocycles. The Bertz CT molecular complexity index is 530. The monoisotopic (exact) mass is 262 g/mol. The molecule has 0 fully saturated rings. The lowest BCUT2D eigenvalue weighted by Gasteiger charge is -2.02. The van der Waals surface area contributed by atoms with Crippen molar-refractivity contribution in [3.05, 3.63) is 53.2 Å². The molecule has 0 amide bonds. The fraction of sp³-hybridized carbons (Fsp3) is 0.357. The van der Waals surface area contributed by atoms with Gasteiger partial charge < -0.3 is 0 Å². The Labute approximate surface area is 111 Å². The van der Waals surface area contributed by atoms with Gasteiger partial charge in [-0.25, -0.2) is 4.79 Å². The van der Waals surface area contributed by atoms with E-state index in [9.17, 15) is 4.79 Å². The molecule has 0 atom stereocenters. The van der Waals surface area contributed by atoms with Gasteiger partial charge >= 0.3 is 5.69 Å². The molecule has 3 nitrogen and oxygen atoms in total. The summed E-state index contributed by atoms with van der Waals surface area (Å²) in [7, 11) is 0. The molecule has 0 aliphatic rings. The van der Waals surface area contributed by atoms with Gasteiger partial charge in [-0.05, 0) is 18.6 Å². The summed E-state index contributed by atoms with van der Waals surface area (Å²) in [6, 6.07) is 10.3. The number of hydrogen-bond donors (Lipinski definition) is 0. The van der Waals surface area contributed by atoms with Crippen LogP contribution in [0.15, 0.2) is 52.4 Å². The van der Waals surface area contributed by atoms with E-state index in [2.05, 4.69) is 19.1 Å². The van der Waals surface area contributed by atoms with Crippen LogP contribution in [-0.2, 0) is 13.1 Å².